The largest absolute Gasteiger partial charge is 0.462 e. The average Bonchev–Trinajstić information content (AvgIpc) is 3.47. The lowest BCUT2D eigenvalue weighted by molar-refractivity contribution is -0.167. The van der Waals surface area contributed by atoms with Crippen molar-refractivity contribution in [2.24, 2.45) is 0 Å². The first kappa shape index (κ1) is 76.3. The minimum Gasteiger partial charge on any atom is -0.462 e. The Bertz CT molecular complexity index is 1760. The third-order valence-corrected chi connectivity index (χ3v) is 13.8. The monoisotopic (exact) mass is 1120 g/mol. The lowest BCUT2D eigenvalue weighted by Gasteiger charge is -2.18. The molecule has 0 bridgehead atoms. The van der Waals surface area contributed by atoms with Gasteiger partial charge < -0.3 is 14.2 Å². The topological polar surface area (TPSA) is 78.9 Å². The van der Waals surface area contributed by atoms with Gasteiger partial charge in [0, 0.05) is 19.3 Å². The van der Waals surface area contributed by atoms with Crippen molar-refractivity contribution in [2.75, 3.05) is 13.2 Å². The van der Waals surface area contributed by atoms with E-state index in [-0.39, 0.29) is 37.5 Å². The van der Waals surface area contributed by atoms with Gasteiger partial charge in [-0.1, -0.05) is 276 Å². The molecule has 0 aliphatic heterocycles. The van der Waals surface area contributed by atoms with E-state index in [9.17, 15) is 14.4 Å². The number of hydrogen-bond donors (Lipinski definition) is 0. The van der Waals surface area contributed by atoms with E-state index in [0.29, 0.717) is 19.3 Å². The highest BCUT2D eigenvalue weighted by Crippen LogP contribution is 2.15. The molecule has 0 rings (SSSR count). The molecule has 0 radical (unpaired) electrons. The molecule has 0 aromatic carbocycles. The van der Waals surface area contributed by atoms with Crippen LogP contribution in [0.5, 0.6) is 0 Å². The molecule has 0 saturated heterocycles. The molecule has 458 valence electrons. The highest BCUT2D eigenvalue weighted by Gasteiger charge is 2.19. The van der Waals surface area contributed by atoms with E-state index < -0.39 is 6.10 Å². The van der Waals surface area contributed by atoms with Crippen molar-refractivity contribution in [3.63, 3.8) is 0 Å². The zero-order valence-corrected chi connectivity index (χ0v) is 52.5. The number of allylic oxidation sites excluding steroid dienone is 24. The predicted molar refractivity (Wildman–Crippen MR) is 352 cm³/mol. The lowest BCUT2D eigenvalue weighted by Crippen LogP contribution is -2.30. The number of esters is 3. The number of unbranched alkanes of at least 4 members (excludes halogenated alkanes) is 24. The molecular weight excluding hydrogens is 997 g/mol. The van der Waals surface area contributed by atoms with Crippen LogP contribution in [0.4, 0.5) is 0 Å². The summed E-state index contributed by atoms with van der Waals surface area (Å²) in [5, 5.41) is 0. The molecule has 6 heteroatoms. The third kappa shape index (κ3) is 66.0. The maximum absolute atomic E-state index is 12.9. The van der Waals surface area contributed by atoms with Crippen LogP contribution in [0.3, 0.4) is 0 Å². The molecule has 0 aliphatic rings. The summed E-state index contributed by atoms with van der Waals surface area (Å²) < 4.78 is 16.9. The van der Waals surface area contributed by atoms with Crippen LogP contribution in [0, 0.1) is 0 Å². The highest BCUT2D eigenvalue weighted by atomic mass is 16.6. The second-order valence-electron chi connectivity index (χ2n) is 21.6. The van der Waals surface area contributed by atoms with Crippen molar-refractivity contribution < 1.29 is 28.6 Å². The zero-order valence-electron chi connectivity index (χ0n) is 52.5. The van der Waals surface area contributed by atoms with Gasteiger partial charge in [-0.25, -0.2) is 0 Å². The molecule has 0 fully saturated rings. The third-order valence-electron chi connectivity index (χ3n) is 13.8. The van der Waals surface area contributed by atoms with Gasteiger partial charge in [0.25, 0.3) is 0 Å². The van der Waals surface area contributed by atoms with Crippen molar-refractivity contribution in [1.29, 1.82) is 0 Å². The number of carbonyl (C=O) groups is 3. The molecule has 0 aromatic rings. The number of ether oxygens (including phenoxy) is 3. The summed E-state index contributed by atoms with van der Waals surface area (Å²) in [6, 6.07) is 0. The van der Waals surface area contributed by atoms with E-state index in [2.05, 4.69) is 167 Å². The van der Waals surface area contributed by atoms with E-state index in [1.165, 1.54) is 116 Å². The minimum atomic E-state index is -0.824. The van der Waals surface area contributed by atoms with E-state index in [1.807, 2.05) is 0 Å². The van der Waals surface area contributed by atoms with Gasteiger partial charge in [0.05, 0.1) is 0 Å². The van der Waals surface area contributed by atoms with E-state index >= 15 is 0 Å². The fourth-order valence-corrected chi connectivity index (χ4v) is 8.82. The normalized spacial score (nSPS) is 13.1. The van der Waals surface area contributed by atoms with Crippen molar-refractivity contribution in [1.82, 2.24) is 0 Å². The first-order valence-electron chi connectivity index (χ1n) is 33.3. The Hall–Kier alpha value is -4.71. The quantitative estimate of drug-likeness (QED) is 0.0261. The number of hydrogen-bond acceptors (Lipinski definition) is 6. The summed E-state index contributed by atoms with van der Waals surface area (Å²) in [6.07, 6.45) is 97.1. The van der Waals surface area contributed by atoms with Gasteiger partial charge in [0.15, 0.2) is 6.10 Å². The van der Waals surface area contributed by atoms with E-state index in [1.54, 1.807) is 0 Å². The summed E-state index contributed by atoms with van der Waals surface area (Å²) in [5.74, 6) is -0.989. The molecule has 0 heterocycles. The molecular formula is C75H122O6. The summed E-state index contributed by atoms with van der Waals surface area (Å²) in [5.41, 5.74) is 0. The van der Waals surface area contributed by atoms with Gasteiger partial charge in [-0.2, -0.15) is 0 Å². The van der Waals surface area contributed by atoms with Crippen LogP contribution in [-0.4, -0.2) is 37.2 Å². The average molecular weight is 1120 g/mol. The van der Waals surface area contributed by atoms with Crippen molar-refractivity contribution in [3.8, 4) is 0 Å². The van der Waals surface area contributed by atoms with Crippen LogP contribution in [0.25, 0.3) is 0 Å². The molecule has 1 atom stereocenters. The highest BCUT2D eigenvalue weighted by molar-refractivity contribution is 5.71. The van der Waals surface area contributed by atoms with E-state index in [4.69, 9.17) is 14.2 Å². The summed E-state index contributed by atoms with van der Waals surface area (Å²) >= 11 is 0. The standard InChI is InChI=1S/C75H122O6/c1-4-7-10-13-16-19-22-25-28-30-32-34-36-37-39-40-42-44-47-50-53-56-59-62-65-68-74(77)80-71-72(70-79-73(76)67-64-61-58-55-52-49-46-27-24-21-18-15-12-9-6-3)81-75(78)69-66-63-60-57-54-51-48-45-43-41-38-35-33-31-29-26-23-20-17-14-11-8-5-2/h8,11,17-18,20-22,25-27,29-30,32-33,35-37,41,43,46,48,51,57,60,72H,4-7,9-10,12-16,19,23-24,28,31,34,38-40,42,44-45,47,49-50,52-56,58-59,61-71H2,1-3H3/b11-8-,20-17-,21-18-,25-22-,29-26-,32-30-,35-33-,37-36-,43-41-,46-27-,51-48-,60-57-. The molecule has 0 spiro atoms. The predicted octanol–water partition coefficient (Wildman–Crippen LogP) is 23.1. The van der Waals surface area contributed by atoms with Crippen LogP contribution in [0.2, 0.25) is 0 Å². The molecule has 0 saturated carbocycles. The maximum Gasteiger partial charge on any atom is 0.306 e. The van der Waals surface area contributed by atoms with Gasteiger partial charge >= 0.3 is 17.9 Å². The first-order chi connectivity index (χ1) is 40.0. The molecule has 0 aromatic heterocycles. The molecule has 0 amide bonds. The van der Waals surface area contributed by atoms with Gasteiger partial charge in [0.2, 0.25) is 0 Å². The minimum absolute atomic E-state index is 0.113. The first-order valence-corrected chi connectivity index (χ1v) is 33.3. The Kier molecular flexibility index (Phi) is 63.9. The maximum atomic E-state index is 12.9. The fraction of sp³-hybridized carbons (Fsp3) is 0.640. The Morgan fingerprint density at radius 1 is 0.259 bits per heavy atom. The van der Waals surface area contributed by atoms with Crippen molar-refractivity contribution in [2.45, 2.75) is 297 Å². The smallest absolute Gasteiger partial charge is 0.306 e. The fourth-order valence-electron chi connectivity index (χ4n) is 8.82. The molecule has 1 unspecified atom stereocenters. The SMILES string of the molecule is CC/C=C\C/C=C\C/C=C\C/C=C\C/C=C\C/C=C\C/C=C\CCCC(=O)OC(COC(=O)CCCCCCC/C=C\C/C=C\CCCCC)COC(=O)CCCCCCCCCCCC/C=C\C/C=C\C/C=C\CCCCCCC. The second-order valence-corrected chi connectivity index (χ2v) is 21.6. The molecule has 81 heavy (non-hydrogen) atoms. The summed E-state index contributed by atoms with van der Waals surface area (Å²) in [4.78, 5) is 38.4. The van der Waals surface area contributed by atoms with Crippen LogP contribution >= 0.6 is 0 Å². The van der Waals surface area contributed by atoms with Gasteiger partial charge in [0.1, 0.15) is 13.2 Å². The van der Waals surface area contributed by atoms with Gasteiger partial charge in [-0.05, 0) is 141 Å². The summed E-state index contributed by atoms with van der Waals surface area (Å²) in [6.45, 7) is 6.44. The van der Waals surface area contributed by atoms with Crippen LogP contribution < -0.4 is 0 Å². The van der Waals surface area contributed by atoms with Crippen LogP contribution in [0.15, 0.2) is 146 Å². The Morgan fingerprint density at radius 2 is 0.494 bits per heavy atom. The van der Waals surface area contributed by atoms with Gasteiger partial charge in [-0.15, -0.1) is 0 Å². The second kappa shape index (κ2) is 67.8. The molecule has 0 N–H and O–H groups in total. The van der Waals surface area contributed by atoms with Crippen LogP contribution in [0.1, 0.15) is 290 Å². The Labute approximate surface area is 499 Å². The Balaban J connectivity index is 4.49. The van der Waals surface area contributed by atoms with Crippen molar-refractivity contribution in [3.05, 3.63) is 146 Å². The van der Waals surface area contributed by atoms with Gasteiger partial charge in [-0.3, -0.25) is 14.4 Å². The zero-order chi connectivity index (χ0) is 58.5. The Morgan fingerprint density at radius 3 is 0.815 bits per heavy atom. The number of rotatable bonds is 59. The molecule has 6 nitrogen and oxygen atoms in total. The summed E-state index contributed by atoms with van der Waals surface area (Å²) in [7, 11) is 0. The lowest BCUT2D eigenvalue weighted by atomic mass is 10.1. The van der Waals surface area contributed by atoms with Crippen LogP contribution in [-0.2, 0) is 28.6 Å². The van der Waals surface area contributed by atoms with Crippen molar-refractivity contribution >= 4 is 17.9 Å². The molecule has 0 aliphatic carbocycles. The van der Waals surface area contributed by atoms with E-state index in [0.717, 1.165) is 128 Å². The number of carbonyl (C=O) groups excluding carboxylic acids is 3.